The molecule has 0 amide bonds. The van der Waals surface area contributed by atoms with Crippen LogP contribution in [0.15, 0.2) is 58.7 Å². The van der Waals surface area contributed by atoms with E-state index in [1.54, 1.807) is 13.1 Å². The van der Waals surface area contributed by atoms with Crippen LogP contribution < -0.4 is 20.1 Å². The molecule has 28 heavy (non-hydrogen) atoms. The van der Waals surface area contributed by atoms with E-state index in [1.807, 2.05) is 31.2 Å². The van der Waals surface area contributed by atoms with Gasteiger partial charge in [0.25, 0.3) is 0 Å². The summed E-state index contributed by atoms with van der Waals surface area (Å²) in [5.41, 5.74) is 1.18. The Kier molecular flexibility index (Phi) is 10.8. The molecule has 10 heteroatoms. The molecule has 0 aliphatic rings. The molecule has 0 saturated carbocycles. The lowest BCUT2D eigenvalue weighted by atomic mass is 10.2. The Morgan fingerprint density at radius 3 is 2.46 bits per heavy atom. The standard InChI is InChI=1S/C18H25N5O3S.HI/c1-15-5-7-16(8-6-15)26-13-12-22-18(19-2)21-10-11-23-27(24,25)17-4-3-9-20-14-17;/h3-9,14,23H,10-13H2,1-2H3,(H2,19,21,22);1H. The van der Waals surface area contributed by atoms with E-state index in [0.717, 1.165) is 5.75 Å². The fraction of sp³-hybridized carbons (Fsp3) is 0.333. The average molecular weight is 519 g/mol. The summed E-state index contributed by atoms with van der Waals surface area (Å²) in [7, 11) is -1.90. The third-order valence-corrected chi connectivity index (χ3v) is 5.01. The number of benzene rings is 1. The molecule has 0 atom stereocenters. The predicted molar refractivity (Wildman–Crippen MR) is 121 cm³/mol. The van der Waals surface area contributed by atoms with Crippen molar-refractivity contribution in [1.29, 1.82) is 0 Å². The molecule has 0 fully saturated rings. The first kappa shape index (κ1) is 24.1. The van der Waals surface area contributed by atoms with Crippen molar-refractivity contribution in [2.24, 2.45) is 4.99 Å². The predicted octanol–water partition coefficient (Wildman–Crippen LogP) is 1.53. The molecule has 0 saturated heterocycles. The summed E-state index contributed by atoms with van der Waals surface area (Å²) < 4.78 is 32.3. The van der Waals surface area contributed by atoms with Crippen molar-refractivity contribution >= 4 is 40.0 Å². The number of nitrogens with one attached hydrogen (secondary N) is 3. The Morgan fingerprint density at radius 2 is 1.82 bits per heavy atom. The molecule has 1 heterocycles. The second-order valence-corrected chi connectivity index (χ2v) is 7.44. The summed E-state index contributed by atoms with van der Waals surface area (Å²) in [5, 5.41) is 6.15. The number of ether oxygens (including phenoxy) is 1. The van der Waals surface area contributed by atoms with Crippen LogP contribution in [-0.2, 0) is 10.0 Å². The van der Waals surface area contributed by atoms with Crippen molar-refractivity contribution in [3.63, 3.8) is 0 Å². The van der Waals surface area contributed by atoms with Crippen LogP contribution in [0.25, 0.3) is 0 Å². The number of aliphatic imine (C=N–C) groups is 1. The van der Waals surface area contributed by atoms with Crippen LogP contribution in [0.2, 0.25) is 0 Å². The zero-order valence-electron chi connectivity index (χ0n) is 15.9. The highest BCUT2D eigenvalue weighted by Crippen LogP contribution is 2.10. The minimum absolute atomic E-state index is 0. The minimum atomic E-state index is -3.55. The fourth-order valence-corrected chi connectivity index (χ4v) is 3.14. The Labute approximate surface area is 183 Å². The van der Waals surface area contributed by atoms with Gasteiger partial charge in [-0.25, -0.2) is 13.1 Å². The van der Waals surface area contributed by atoms with Crippen molar-refractivity contribution in [2.75, 3.05) is 33.3 Å². The summed E-state index contributed by atoms with van der Waals surface area (Å²) in [6.45, 7) is 3.68. The smallest absolute Gasteiger partial charge is 0.242 e. The zero-order valence-corrected chi connectivity index (χ0v) is 19.0. The van der Waals surface area contributed by atoms with Gasteiger partial charge in [-0.15, -0.1) is 24.0 Å². The Hall–Kier alpha value is -1.92. The van der Waals surface area contributed by atoms with E-state index in [1.165, 1.54) is 24.0 Å². The van der Waals surface area contributed by atoms with Gasteiger partial charge in [-0.1, -0.05) is 17.7 Å². The summed E-state index contributed by atoms with van der Waals surface area (Å²) in [4.78, 5) is 8.04. The fourth-order valence-electron chi connectivity index (χ4n) is 2.15. The van der Waals surface area contributed by atoms with Crippen LogP contribution in [0.1, 0.15) is 5.56 Å². The van der Waals surface area contributed by atoms with Crippen molar-refractivity contribution < 1.29 is 13.2 Å². The first-order valence-corrected chi connectivity index (χ1v) is 10.0. The molecule has 1 aromatic heterocycles. The van der Waals surface area contributed by atoms with E-state index in [2.05, 4.69) is 25.3 Å². The van der Waals surface area contributed by atoms with E-state index in [0.29, 0.717) is 25.7 Å². The Bertz CT molecular complexity index is 830. The second-order valence-electron chi connectivity index (χ2n) is 5.67. The van der Waals surface area contributed by atoms with Gasteiger partial charge in [-0.3, -0.25) is 9.98 Å². The molecule has 0 aliphatic carbocycles. The number of guanidine groups is 1. The molecular weight excluding hydrogens is 493 g/mol. The molecule has 154 valence electrons. The van der Waals surface area contributed by atoms with Crippen molar-refractivity contribution in [3.8, 4) is 5.75 Å². The van der Waals surface area contributed by atoms with Crippen molar-refractivity contribution in [1.82, 2.24) is 20.3 Å². The molecule has 2 aromatic rings. The van der Waals surface area contributed by atoms with Gasteiger partial charge in [0.15, 0.2) is 5.96 Å². The van der Waals surface area contributed by atoms with E-state index in [9.17, 15) is 8.42 Å². The second kappa shape index (κ2) is 12.5. The van der Waals surface area contributed by atoms with E-state index in [-0.39, 0.29) is 35.4 Å². The minimum Gasteiger partial charge on any atom is -0.492 e. The third-order valence-electron chi connectivity index (χ3n) is 3.56. The summed E-state index contributed by atoms with van der Waals surface area (Å²) in [5.74, 6) is 1.39. The first-order chi connectivity index (χ1) is 13.0. The van der Waals surface area contributed by atoms with Crippen LogP contribution >= 0.6 is 24.0 Å². The van der Waals surface area contributed by atoms with E-state index < -0.39 is 10.0 Å². The number of rotatable bonds is 9. The molecule has 0 unspecified atom stereocenters. The highest BCUT2D eigenvalue weighted by Gasteiger charge is 2.12. The van der Waals surface area contributed by atoms with Gasteiger partial charge in [-0.2, -0.15) is 0 Å². The molecule has 2 rings (SSSR count). The molecule has 3 N–H and O–H groups in total. The van der Waals surface area contributed by atoms with Gasteiger partial charge < -0.3 is 15.4 Å². The van der Waals surface area contributed by atoms with Gasteiger partial charge in [0.2, 0.25) is 10.0 Å². The van der Waals surface area contributed by atoms with Gasteiger partial charge in [-0.05, 0) is 31.2 Å². The number of halogens is 1. The Balaban J connectivity index is 0.00000392. The maximum atomic E-state index is 12.1. The largest absolute Gasteiger partial charge is 0.492 e. The normalized spacial score (nSPS) is 11.4. The molecule has 0 spiro atoms. The number of pyridine rings is 1. The van der Waals surface area contributed by atoms with Gasteiger partial charge in [0.05, 0.1) is 6.54 Å². The maximum absolute atomic E-state index is 12.1. The lowest BCUT2D eigenvalue weighted by Crippen LogP contribution is -2.42. The van der Waals surface area contributed by atoms with Crippen LogP contribution in [0, 0.1) is 6.92 Å². The summed E-state index contributed by atoms with van der Waals surface area (Å²) >= 11 is 0. The number of aryl methyl sites for hydroxylation is 1. The summed E-state index contributed by atoms with van der Waals surface area (Å²) in [6.07, 6.45) is 2.84. The van der Waals surface area contributed by atoms with Crippen LogP contribution in [-0.4, -0.2) is 52.7 Å². The Morgan fingerprint density at radius 1 is 1.11 bits per heavy atom. The van der Waals surface area contributed by atoms with Crippen LogP contribution in [0.5, 0.6) is 5.75 Å². The molecule has 0 aliphatic heterocycles. The molecule has 0 radical (unpaired) electrons. The van der Waals surface area contributed by atoms with E-state index in [4.69, 9.17) is 4.74 Å². The summed E-state index contributed by atoms with van der Waals surface area (Å²) in [6, 6.07) is 10.9. The maximum Gasteiger partial charge on any atom is 0.242 e. The topological polar surface area (TPSA) is 105 Å². The van der Waals surface area contributed by atoms with Gasteiger partial charge in [0.1, 0.15) is 17.3 Å². The number of nitrogens with zero attached hydrogens (tertiary/aromatic N) is 2. The third kappa shape index (κ3) is 8.40. The highest BCUT2D eigenvalue weighted by molar-refractivity contribution is 14.0. The number of hydrogen-bond acceptors (Lipinski definition) is 5. The van der Waals surface area contributed by atoms with Crippen molar-refractivity contribution in [2.45, 2.75) is 11.8 Å². The van der Waals surface area contributed by atoms with E-state index >= 15 is 0 Å². The van der Waals surface area contributed by atoms with Gasteiger partial charge in [0, 0.05) is 32.5 Å². The monoisotopic (exact) mass is 519 g/mol. The average Bonchev–Trinajstić information content (AvgIpc) is 2.69. The molecular formula is C18H26IN5O3S. The molecule has 1 aromatic carbocycles. The lowest BCUT2D eigenvalue weighted by molar-refractivity contribution is 0.322. The van der Waals surface area contributed by atoms with Crippen molar-refractivity contribution in [3.05, 3.63) is 54.4 Å². The van der Waals surface area contributed by atoms with Gasteiger partial charge >= 0.3 is 0 Å². The number of sulfonamides is 1. The molecule has 0 bridgehead atoms. The quantitative estimate of drug-likeness (QED) is 0.201. The van der Waals surface area contributed by atoms with Crippen LogP contribution in [0.4, 0.5) is 0 Å². The first-order valence-electron chi connectivity index (χ1n) is 8.55. The number of aromatic nitrogens is 1. The molecule has 8 nitrogen and oxygen atoms in total. The SMILES string of the molecule is CN=C(NCCNS(=O)(=O)c1cccnc1)NCCOc1ccc(C)cc1.I. The number of hydrogen-bond donors (Lipinski definition) is 3. The lowest BCUT2D eigenvalue weighted by Gasteiger charge is -2.13. The highest BCUT2D eigenvalue weighted by atomic mass is 127. The zero-order chi connectivity index (χ0) is 19.5. The van der Waals surface area contributed by atoms with Crippen LogP contribution in [0.3, 0.4) is 0 Å².